The van der Waals surface area contributed by atoms with Gasteiger partial charge in [-0.2, -0.15) is 9.61 Å². The topological polar surface area (TPSA) is 72.2 Å². The average Bonchev–Trinajstić information content (AvgIpc) is 3.16. The van der Waals surface area contributed by atoms with Crippen LogP contribution in [0.2, 0.25) is 0 Å². The summed E-state index contributed by atoms with van der Waals surface area (Å²) in [5, 5.41) is 16.4. The number of fused-ring (bicyclic) bond motifs is 1. The smallest absolute Gasteiger partial charge is 0.234 e. The van der Waals surface area contributed by atoms with Crippen LogP contribution in [0, 0.1) is 0 Å². The Morgan fingerprint density at radius 1 is 1.03 bits per heavy atom. The number of hydrogen-bond donors (Lipinski definition) is 1. The van der Waals surface area contributed by atoms with E-state index in [-0.39, 0.29) is 11.7 Å². The molecule has 0 atom stereocenters. The molecule has 0 saturated heterocycles. The van der Waals surface area contributed by atoms with Gasteiger partial charge in [-0.1, -0.05) is 58.9 Å². The van der Waals surface area contributed by atoms with Crippen molar-refractivity contribution in [1.82, 2.24) is 19.8 Å². The van der Waals surface area contributed by atoms with Crippen molar-refractivity contribution in [3.8, 4) is 11.3 Å². The standard InChI is InChI=1S/C21H18BrN5OS/c1-2-14-3-5-15(6-4-14)18-11-12-19-24-25-21(27(19)26-18)29-13-20(28)23-17-9-7-16(22)8-10-17/h3-12H,2,13H2,1H3,(H,23,28). The van der Waals surface area contributed by atoms with E-state index in [9.17, 15) is 4.79 Å². The van der Waals surface area contributed by atoms with Gasteiger partial charge in [-0.3, -0.25) is 4.79 Å². The highest BCUT2D eigenvalue weighted by Gasteiger charge is 2.12. The van der Waals surface area contributed by atoms with E-state index in [1.807, 2.05) is 36.4 Å². The predicted molar refractivity (Wildman–Crippen MR) is 119 cm³/mol. The molecule has 0 unspecified atom stereocenters. The SMILES string of the molecule is CCc1ccc(-c2ccc3nnc(SCC(=O)Nc4ccc(Br)cc4)n3n2)cc1. The summed E-state index contributed by atoms with van der Waals surface area (Å²) in [6.07, 6.45) is 1.00. The van der Waals surface area contributed by atoms with Gasteiger partial charge in [0, 0.05) is 15.7 Å². The molecule has 2 aromatic heterocycles. The molecule has 1 N–H and O–H groups in total. The lowest BCUT2D eigenvalue weighted by atomic mass is 10.1. The average molecular weight is 468 g/mol. The highest BCUT2D eigenvalue weighted by atomic mass is 79.9. The monoisotopic (exact) mass is 467 g/mol. The van der Waals surface area contributed by atoms with Crippen LogP contribution < -0.4 is 5.32 Å². The Morgan fingerprint density at radius 3 is 2.52 bits per heavy atom. The first-order valence-corrected chi connectivity index (χ1v) is 10.9. The third-order valence-electron chi connectivity index (χ3n) is 4.35. The lowest BCUT2D eigenvalue weighted by molar-refractivity contribution is -0.113. The highest BCUT2D eigenvalue weighted by Crippen LogP contribution is 2.22. The van der Waals surface area contributed by atoms with Crippen LogP contribution in [0.5, 0.6) is 0 Å². The summed E-state index contributed by atoms with van der Waals surface area (Å²) < 4.78 is 2.65. The molecule has 0 aliphatic carbocycles. The first-order chi connectivity index (χ1) is 14.1. The second-order valence-electron chi connectivity index (χ2n) is 6.37. The van der Waals surface area contributed by atoms with Crippen LogP contribution in [0.4, 0.5) is 5.69 Å². The number of carbonyl (C=O) groups excluding carboxylic acids is 1. The maximum absolute atomic E-state index is 12.3. The summed E-state index contributed by atoms with van der Waals surface area (Å²) in [5.41, 5.74) is 4.55. The third-order valence-corrected chi connectivity index (χ3v) is 5.80. The van der Waals surface area contributed by atoms with Gasteiger partial charge in [0.05, 0.1) is 11.4 Å². The van der Waals surface area contributed by atoms with Crippen LogP contribution in [0.1, 0.15) is 12.5 Å². The van der Waals surface area contributed by atoms with Gasteiger partial charge in [-0.05, 0) is 48.4 Å². The van der Waals surface area contributed by atoms with Crippen molar-refractivity contribution < 1.29 is 4.79 Å². The van der Waals surface area contributed by atoms with Crippen LogP contribution in [0.3, 0.4) is 0 Å². The Hall–Kier alpha value is -2.71. The lowest BCUT2D eigenvalue weighted by Crippen LogP contribution is -2.14. The molecule has 146 valence electrons. The number of nitrogens with one attached hydrogen (secondary N) is 1. The van der Waals surface area contributed by atoms with E-state index in [4.69, 9.17) is 0 Å². The van der Waals surface area contributed by atoms with Crippen molar-refractivity contribution in [2.24, 2.45) is 0 Å². The third kappa shape index (κ3) is 4.65. The summed E-state index contributed by atoms with van der Waals surface area (Å²) in [5.74, 6) is 0.105. The minimum atomic E-state index is -0.111. The maximum atomic E-state index is 12.3. The molecule has 0 spiro atoms. The summed E-state index contributed by atoms with van der Waals surface area (Å²) >= 11 is 4.68. The van der Waals surface area contributed by atoms with E-state index in [0.29, 0.717) is 10.8 Å². The van der Waals surface area contributed by atoms with Crippen molar-refractivity contribution in [1.29, 1.82) is 0 Å². The zero-order valence-corrected chi connectivity index (χ0v) is 18.1. The van der Waals surface area contributed by atoms with Crippen LogP contribution in [-0.2, 0) is 11.2 Å². The minimum absolute atomic E-state index is 0.111. The van der Waals surface area contributed by atoms with E-state index >= 15 is 0 Å². The quantitative estimate of drug-likeness (QED) is 0.410. The van der Waals surface area contributed by atoms with E-state index < -0.39 is 0 Å². The molecule has 2 aromatic carbocycles. The van der Waals surface area contributed by atoms with Gasteiger partial charge in [0.2, 0.25) is 11.1 Å². The normalized spacial score (nSPS) is 11.0. The summed E-state index contributed by atoms with van der Waals surface area (Å²) in [4.78, 5) is 12.3. The number of nitrogens with zero attached hydrogens (tertiary/aromatic N) is 4. The number of rotatable bonds is 6. The molecule has 6 nitrogen and oxygen atoms in total. The Bertz CT molecular complexity index is 1140. The van der Waals surface area contributed by atoms with Gasteiger partial charge >= 0.3 is 0 Å². The Morgan fingerprint density at radius 2 is 1.79 bits per heavy atom. The summed E-state index contributed by atoms with van der Waals surface area (Å²) in [6, 6.07) is 19.6. The van der Waals surface area contributed by atoms with E-state index in [2.05, 4.69) is 67.7 Å². The van der Waals surface area contributed by atoms with E-state index in [1.165, 1.54) is 17.3 Å². The van der Waals surface area contributed by atoms with E-state index in [1.54, 1.807) is 4.52 Å². The predicted octanol–water partition coefficient (Wildman–Crippen LogP) is 4.85. The minimum Gasteiger partial charge on any atom is -0.325 e. The molecule has 0 aliphatic rings. The first kappa shape index (κ1) is 19.6. The Kier molecular flexibility index (Phi) is 5.92. The fourth-order valence-corrected chi connectivity index (χ4v) is 3.74. The van der Waals surface area contributed by atoms with Crippen molar-refractivity contribution in [2.45, 2.75) is 18.5 Å². The molecule has 1 amide bonds. The van der Waals surface area contributed by atoms with Gasteiger partial charge in [0.1, 0.15) is 0 Å². The van der Waals surface area contributed by atoms with Crippen molar-refractivity contribution in [2.75, 3.05) is 11.1 Å². The second-order valence-corrected chi connectivity index (χ2v) is 8.22. The number of aromatic nitrogens is 4. The molecule has 0 radical (unpaired) electrons. The largest absolute Gasteiger partial charge is 0.325 e. The van der Waals surface area contributed by atoms with Gasteiger partial charge < -0.3 is 5.32 Å². The molecule has 0 aliphatic heterocycles. The Balaban J connectivity index is 1.48. The number of halogens is 1. The van der Waals surface area contributed by atoms with Crippen LogP contribution in [0.15, 0.2) is 70.3 Å². The van der Waals surface area contributed by atoms with Gasteiger partial charge in [-0.25, -0.2) is 0 Å². The van der Waals surface area contributed by atoms with Crippen molar-refractivity contribution in [3.63, 3.8) is 0 Å². The molecular formula is C21H18BrN5OS. The number of benzene rings is 2. The first-order valence-electron chi connectivity index (χ1n) is 9.12. The second kappa shape index (κ2) is 8.75. The number of carbonyl (C=O) groups is 1. The zero-order chi connectivity index (χ0) is 20.2. The maximum Gasteiger partial charge on any atom is 0.234 e. The Labute approximate surface area is 180 Å². The highest BCUT2D eigenvalue weighted by molar-refractivity contribution is 9.10. The van der Waals surface area contributed by atoms with Crippen LogP contribution >= 0.6 is 27.7 Å². The van der Waals surface area contributed by atoms with Gasteiger partial charge in [0.25, 0.3) is 0 Å². The number of anilines is 1. The molecule has 2 heterocycles. The summed E-state index contributed by atoms with van der Waals surface area (Å²) in [6.45, 7) is 2.13. The number of aryl methyl sites for hydroxylation is 1. The summed E-state index contributed by atoms with van der Waals surface area (Å²) in [7, 11) is 0. The molecule has 0 saturated carbocycles. The lowest BCUT2D eigenvalue weighted by Gasteiger charge is -2.05. The van der Waals surface area contributed by atoms with Crippen molar-refractivity contribution in [3.05, 3.63) is 70.7 Å². The fourth-order valence-electron chi connectivity index (χ4n) is 2.78. The van der Waals surface area contributed by atoms with Gasteiger partial charge in [0.15, 0.2) is 5.65 Å². The number of thioether (sulfide) groups is 1. The van der Waals surface area contributed by atoms with E-state index in [0.717, 1.165) is 27.8 Å². The zero-order valence-electron chi connectivity index (χ0n) is 15.7. The van der Waals surface area contributed by atoms with Crippen LogP contribution in [0.25, 0.3) is 16.9 Å². The fraction of sp³-hybridized carbons (Fsp3) is 0.143. The number of hydrogen-bond acceptors (Lipinski definition) is 5. The molecular weight excluding hydrogens is 450 g/mol. The molecule has 8 heteroatoms. The van der Waals surface area contributed by atoms with Crippen LogP contribution in [-0.4, -0.2) is 31.5 Å². The molecule has 4 aromatic rings. The molecule has 4 rings (SSSR count). The molecule has 0 bridgehead atoms. The molecule has 0 fully saturated rings. The van der Waals surface area contributed by atoms with Gasteiger partial charge in [-0.15, -0.1) is 10.2 Å². The number of amides is 1. The molecule has 29 heavy (non-hydrogen) atoms. The van der Waals surface area contributed by atoms with Crippen molar-refractivity contribution >= 4 is 44.9 Å².